The van der Waals surface area contributed by atoms with Gasteiger partial charge in [0.2, 0.25) is 0 Å². The minimum atomic E-state index is -0.658. The van der Waals surface area contributed by atoms with Crippen molar-refractivity contribution in [2.45, 2.75) is 90.6 Å². The lowest BCUT2D eigenvalue weighted by Gasteiger charge is -2.52. The van der Waals surface area contributed by atoms with E-state index in [1.54, 1.807) is 32.9 Å². The zero-order chi connectivity index (χ0) is 26.7. The van der Waals surface area contributed by atoms with Gasteiger partial charge in [0.15, 0.2) is 11.5 Å². The number of rotatable bonds is 7. The number of benzene rings is 1. The van der Waals surface area contributed by atoms with Gasteiger partial charge in [0.05, 0.1) is 25.2 Å². The van der Waals surface area contributed by atoms with Crippen LogP contribution in [0.2, 0.25) is 0 Å². The van der Waals surface area contributed by atoms with Crippen LogP contribution in [0.1, 0.15) is 78.9 Å². The molecule has 1 aromatic carbocycles. The predicted molar refractivity (Wildman–Crippen MR) is 136 cm³/mol. The molecule has 0 radical (unpaired) electrons. The monoisotopic (exact) mass is 503 g/mol. The summed E-state index contributed by atoms with van der Waals surface area (Å²) < 4.78 is 23.5. The summed E-state index contributed by atoms with van der Waals surface area (Å²) in [5.41, 5.74) is 0.734. The Morgan fingerprint density at radius 2 is 2.00 bits per heavy atom. The van der Waals surface area contributed by atoms with Crippen LogP contribution in [0, 0.1) is 11.8 Å². The van der Waals surface area contributed by atoms with Crippen LogP contribution in [0.4, 0.5) is 4.79 Å². The maximum absolute atomic E-state index is 12.8. The molecule has 1 saturated heterocycles. The number of methoxy groups -OCH3 is 1. The standard InChI is InChI=1S/C28H41NO7/c1-17(2)10-9-14-28(6)20-16-19(25(31)33-7)22(13-15-29-26(32)36-27(3,4)5)34-23(20)18-11-8-12-21(30)24(18)35-28/h8,10-12,19-20,22-23,30H,9,13-16H2,1-7H3,(H,29,32)/t19-,20+,22+,23-,28-/m0/s1. The molecule has 3 rings (SSSR count). The molecule has 8 heteroatoms. The summed E-state index contributed by atoms with van der Waals surface area (Å²) in [7, 11) is 1.38. The fraction of sp³-hybridized carbons (Fsp3) is 0.643. The number of hydrogen-bond donors (Lipinski definition) is 2. The van der Waals surface area contributed by atoms with E-state index in [4.69, 9.17) is 18.9 Å². The number of ether oxygens (including phenoxy) is 4. The van der Waals surface area contributed by atoms with Crippen LogP contribution in [0.5, 0.6) is 11.5 Å². The van der Waals surface area contributed by atoms with Gasteiger partial charge in [-0.3, -0.25) is 4.79 Å². The van der Waals surface area contributed by atoms with E-state index >= 15 is 0 Å². The Morgan fingerprint density at radius 1 is 1.28 bits per heavy atom. The van der Waals surface area contributed by atoms with E-state index in [9.17, 15) is 14.7 Å². The van der Waals surface area contributed by atoms with Crippen molar-refractivity contribution in [2.75, 3.05) is 13.7 Å². The molecule has 8 nitrogen and oxygen atoms in total. The first-order valence-electron chi connectivity index (χ1n) is 12.7. The smallest absolute Gasteiger partial charge is 0.407 e. The number of esters is 1. The van der Waals surface area contributed by atoms with Crippen molar-refractivity contribution >= 4 is 12.1 Å². The fourth-order valence-electron chi connectivity index (χ4n) is 5.16. The summed E-state index contributed by atoms with van der Waals surface area (Å²) in [5, 5.41) is 13.4. The molecule has 36 heavy (non-hydrogen) atoms. The molecule has 0 saturated carbocycles. The second-order valence-corrected chi connectivity index (χ2v) is 11.2. The van der Waals surface area contributed by atoms with Crippen molar-refractivity contribution < 1.29 is 33.6 Å². The number of carbonyl (C=O) groups is 2. The molecule has 2 N–H and O–H groups in total. The van der Waals surface area contributed by atoms with Crippen molar-refractivity contribution in [3.63, 3.8) is 0 Å². The van der Waals surface area contributed by atoms with Gasteiger partial charge < -0.3 is 29.4 Å². The lowest BCUT2D eigenvalue weighted by molar-refractivity contribution is -0.194. The zero-order valence-corrected chi connectivity index (χ0v) is 22.6. The molecule has 1 amide bonds. The number of allylic oxidation sites excluding steroid dienone is 2. The minimum absolute atomic E-state index is 0.0706. The van der Waals surface area contributed by atoms with Crippen molar-refractivity contribution in [1.82, 2.24) is 5.32 Å². The normalized spacial score (nSPS) is 27.1. The number of hydrogen-bond acceptors (Lipinski definition) is 7. The van der Waals surface area contributed by atoms with Crippen LogP contribution in [0.15, 0.2) is 29.8 Å². The van der Waals surface area contributed by atoms with Crippen molar-refractivity contribution in [3.05, 3.63) is 35.4 Å². The number of alkyl carbamates (subject to hydrolysis) is 1. The Morgan fingerprint density at radius 3 is 2.64 bits per heavy atom. The Hall–Kier alpha value is -2.74. The van der Waals surface area contributed by atoms with Crippen LogP contribution in [-0.2, 0) is 19.0 Å². The van der Waals surface area contributed by atoms with E-state index < -0.39 is 29.3 Å². The van der Waals surface area contributed by atoms with E-state index in [0.29, 0.717) is 25.0 Å². The number of phenolic OH excluding ortho intramolecular Hbond substituents is 1. The molecule has 5 atom stereocenters. The van der Waals surface area contributed by atoms with Gasteiger partial charge in [0, 0.05) is 18.0 Å². The topological polar surface area (TPSA) is 103 Å². The van der Waals surface area contributed by atoms with Crippen LogP contribution in [0.3, 0.4) is 0 Å². The molecule has 1 aromatic rings. The Balaban J connectivity index is 1.87. The first-order valence-corrected chi connectivity index (χ1v) is 12.7. The lowest BCUT2D eigenvalue weighted by atomic mass is 9.69. The second-order valence-electron chi connectivity index (χ2n) is 11.2. The highest BCUT2D eigenvalue weighted by Crippen LogP contribution is 2.55. The summed E-state index contributed by atoms with van der Waals surface area (Å²) in [6.07, 6.45) is 3.22. The molecule has 200 valence electrons. The largest absolute Gasteiger partial charge is 0.504 e. The maximum atomic E-state index is 12.8. The van der Waals surface area contributed by atoms with Crippen molar-refractivity contribution in [3.8, 4) is 11.5 Å². The third kappa shape index (κ3) is 6.52. The molecule has 0 aliphatic carbocycles. The third-order valence-electron chi connectivity index (χ3n) is 6.89. The van der Waals surface area contributed by atoms with Gasteiger partial charge in [-0.1, -0.05) is 23.8 Å². The van der Waals surface area contributed by atoms with Crippen LogP contribution >= 0.6 is 0 Å². The molecule has 2 heterocycles. The quantitative estimate of drug-likeness (QED) is 0.377. The highest BCUT2D eigenvalue weighted by atomic mass is 16.6. The van der Waals surface area contributed by atoms with E-state index in [1.807, 2.05) is 13.0 Å². The second kappa shape index (κ2) is 11.1. The van der Waals surface area contributed by atoms with Crippen molar-refractivity contribution in [2.24, 2.45) is 11.8 Å². The molecule has 0 aromatic heterocycles. The molecule has 2 aliphatic heterocycles. The molecule has 1 fully saturated rings. The van der Waals surface area contributed by atoms with Gasteiger partial charge >= 0.3 is 12.1 Å². The molecular formula is C28H41NO7. The zero-order valence-electron chi connectivity index (χ0n) is 22.6. The Kier molecular flexibility index (Phi) is 8.59. The summed E-state index contributed by atoms with van der Waals surface area (Å²) >= 11 is 0. The van der Waals surface area contributed by atoms with E-state index in [2.05, 4.69) is 25.2 Å². The number of fused-ring (bicyclic) bond motifs is 3. The Labute approximate surface area is 214 Å². The summed E-state index contributed by atoms with van der Waals surface area (Å²) in [5.74, 6) is -0.482. The fourth-order valence-corrected chi connectivity index (χ4v) is 5.16. The van der Waals surface area contributed by atoms with E-state index in [-0.39, 0.29) is 30.3 Å². The lowest BCUT2D eigenvalue weighted by Crippen LogP contribution is -2.54. The van der Waals surface area contributed by atoms with E-state index in [1.165, 1.54) is 12.7 Å². The molecule has 0 unspecified atom stereocenters. The van der Waals surface area contributed by atoms with Crippen LogP contribution in [-0.4, -0.2) is 48.1 Å². The molecule has 2 aliphatic rings. The van der Waals surface area contributed by atoms with Gasteiger partial charge in [0.1, 0.15) is 11.2 Å². The average molecular weight is 504 g/mol. The minimum Gasteiger partial charge on any atom is -0.504 e. The van der Waals surface area contributed by atoms with Gasteiger partial charge in [0.25, 0.3) is 0 Å². The highest BCUT2D eigenvalue weighted by Gasteiger charge is 2.54. The highest BCUT2D eigenvalue weighted by molar-refractivity contribution is 5.73. The first-order chi connectivity index (χ1) is 16.8. The van der Waals surface area contributed by atoms with Crippen molar-refractivity contribution in [1.29, 1.82) is 0 Å². The number of para-hydroxylation sites is 1. The third-order valence-corrected chi connectivity index (χ3v) is 6.89. The summed E-state index contributed by atoms with van der Waals surface area (Å²) in [4.78, 5) is 25.0. The number of nitrogens with one attached hydrogen (secondary N) is 1. The van der Waals surface area contributed by atoms with Gasteiger partial charge in [-0.15, -0.1) is 0 Å². The number of amides is 1. The summed E-state index contributed by atoms with van der Waals surface area (Å²) in [6, 6.07) is 5.28. The van der Waals surface area contributed by atoms with Crippen LogP contribution < -0.4 is 10.1 Å². The Bertz CT molecular complexity index is 979. The molecule has 0 bridgehead atoms. The van der Waals surface area contributed by atoms with Gasteiger partial charge in [-0.05, 0) is 73.3 Å². The number of carbonyl (C=O) groups excluding carboxylic acids is 2. The average Bonchev–Trinajstić information content (AvgIpc) is 2.77. The molecular weight excluding hydrogens is 462 g/mol. The first kappa shape index (κ1) is 27.8. The van der Waals surface area contributed by atoms with E-state index in [0.717, 1.165) is 12.0 Å². The van der Waals surface area contributed by atoms with Crippen LogP contribution in [0.25, 0.3) is 0 Å². The van der Waals surface area contributed by atoms with Gasteiger partial charge in [-0.2, -0.15) is 0 Å². The predicted octanol–water partition coefficient (Wildman–Crippen LogP) is 5.44. The molecule has 0 spiro atoms. The number of aromatic hydroxyl groups is 1. The SMILES string of the molecule is COC(=O)[C@H]1C[C@@H]2[C@@H](O[C@@H]1CCNC(=O)OC(C)(C)C)c1cccc(O)c1O[C@@]2(C)CCC=C(C)C. The van der Waals surface area contributed by atoms with Gasteiger partial charge in [-0.25, -0.2) is 4.79 Å². The maximum Gasteiger partial charge on any atom is 0.407 e. The summed E-state index contributed by atoms with van der Waals surface area (Å²) in [6.45, 7) is 11.8. The number of phenols is 1.